The van der Waals surface area contributed by atoms with Gasteiger partial charge >= 0.3 is 0 Å². The Kier molecular flexibility index (Phi) is 5.43. The van der Waals surface area contributed by atoms with Crippen LogP contribution in [-0.4, -0.2) is 33.4 Å². The highest BCUT2D eigenvalue weighted by Gasteiger charge is 2.30. The number of aliphatic imine (C=N–C) groups is 1. The van der Waals surface area contributed by atoms with Crippen LogP contribution in [0.4, 0.5) is 0 Å². The molecule has 1 aromatic heterocycles. The zero-order valence-corrected chi connectivity index (χ0v) is 18.1. The fourth-order valence-corrected chi connectivity index (χ4v) is 3.73. The number of nitrogens with zero attached hydrogens (tertiary/aromatic N) is 4. The number of ether oxygens (including phenoxy) is 1. The summed E-state index contributed by atoms with van der Waals surface area (Å²) in [6.07, 6.45) is 0.262. The van der Waals surface area contributed by atoms with Crippen molar-refractivity contribution in [2.24, 2.45) is 10.9 Å². The molecule has 0 bridgehead atoms. The molecule has 2 aromatic carbocycles. The molecule has 0 saturated heterocycles. The van der Waals surface area contributed by atoms with Crippen LogP contribution >= 0.6 is 11.6 Å². The van der Waals surface area contributed by atoms with Gasteiger partial charge in [-0.2, -0.15) is 0 Å². The smallest absolute Gasteiger partial charge is 0.162 e. The van der Waals surface area contributed by atoms with Gasteiger partial charge in [0.1, 0.15) is 23.4 Å². The highest BCUT2D eigenvalue weighted by molar-refractivity contribution is 6.30. The molecule has 0 N–H and O–H groups in total. The summed E-state index contributed by atoms with van der Waals surface area (Å²) >= 11 is 6.11. The zero-order valence-electron chi connectivity index (χ0n) is 17.4. The Morgan fingerprint density at radius 1 is 1.17 bits per heavy atom. The lowest BCUT2D eigenvalue weighted by molar-refractivity contribution is -0.122. The number of hydrogen-bond donors (Lipinski definition) is 0. The number of aryl methyl sites for hydroxylation is 1. The molecule has 2 heterocycles. The van der Waals surface area contributed by atoms with Crippen molar-refractivity contribution in [3.05, 3.63) is 70.3 Å². The number of hydrogen-bond acceptors (Lipinski definition) is 5. The van der Waals surface area contributed by atoms with Crippen molar-refractivity contribution in [2.75, 3.05) is 7.11 Å². The number of benzene rings is 2. The molecule has 1 aliphatic heterocycles. The van der Waals surface area contributed by atoms with E-state index in [1.165, 1.54) is 0 Å². The van der Waals surface area contributed by atoms with Crippen molar-refractivity contribution < 1.29 is 9.53 Å². The Morgan fingerprint density at radius 2 is 1.90 bits per heavy atom. The first-order valence-electron chi connectivity index (χ1n) is 9.86. The van der Waals surface area contributed by atoms with Gasteiger partial charge in [0.15, 0.2) is 5.82 Å². The van der Waals surface area contributed by atoms with E-state index in [1.807, 2.05) is 67.8 Å². The molecule has 0 amide bonds. The zero-order chi connectivity index (χ0) is 21.4. The molecule has 4 rings (SSSR count). The lowest BCUT2D eigenvalue weighted by Gasteiger charge is -2.14. The van der Waals surface area contributed by atoms with E-state index in [1.54, 1.807) is 7.11 Å². The Labute approximate surface area is 180 Å². The Hall–Kier alpha value is -2.99. The van der Waals surface area contributed by atoms with E-state index < -0.39 is 6.04 Å². The Morgan fingerprint density at radius 3 is 2.57 bits per heavy atom. The van der Waals surface area contributed by atoms with Gasteiger partial charge in [-0.15, -0.1) is 10.2 Å². The second-order valence-electron chi connectivity index (χ2n) is 7.65. The van der Waals surface area contributed by atoms with Crippen molar-refractivity contribution in [2.45, 2.75) is 33.2 Å². The van der Waals surface area contributed by atoms with Gasteiger partial charge in [0.25, 0.3) is 0 Å². The van der Waals surface area contributed by atoms with Crippen LogP contribution in [-0.2, 0) is 4.79 Å². The van der Waals surface area contributed by atoms with E-state index in [9.17, 15) is 4.79 Å². The number of rotatable bonds is 5. The molecule has 30 heavy (non-hydrogen) atoms. The SMILES string of the molecule is COc1ccc2c(c1)C(c1ccc(Cl)cc1)=N[C@@H](CC(=O)C(C)C)c1nnc(C)n1-2. The molecule has 1 atom stereocenters. The van der Waals surface area contributed by atoms with Gasteiger partial charge in [-0.05, 0) is 37.3 Å². The molecular weight excluding hydrogens is 400 g/mol. The van der Waals surface area contributed by atoms with Crippen molar-refractivity contribution >= 4 is 23.1 Å². The minimum absolute atomic E-state index is 0.0811. The summed E-state index contributed by atoms with van der Waals surface area (Å²) in [7, 11) is 1.64. The summed E-state index contributed by atoms with van der Waals surface area (Å²) in [5.41, 5.74) is 3.47. The second kappa shape index (κ2) is 8.03. The summed E-state index contributed by atoms with van der Waals surface area (Å²) in [4.78, 5) is 17.7. The third-order valence-electron chi connectivity index (χ3n) is 5.29. The monoisotopic (exact) mass is 422 g/mol. The van der Waals surface area contributed by atoms with Gasteiger partial charge < -0.3 is 4.74 Å². The lowest BCUT2D eigenvalue weighted by atomic mass is 9.99. The molecule has 3 aromatic rings. The standard InChI is InChI=1S/C23H23ClN4O2/c1-13(2)21(29)12-19-23-27-26-14(3)28(23)20-10-9-17(30-4)11-18(20)22(25-19)15-5-7-16(24)8-6-15/h5-11,13,19H,12H2,1-4H3/t19-/m0/s1. The van der Waals surface area contributed by atoms with E-state index in [0.717, 1.165) is 34.1 Å². The van der Waals surface area contributed by atoms with Gasteiger partial charge in [0, 0.05) is 28.5 Å². The van der Waals surface area contributed by atoms with Crippen LogP contribution < -0.4 is 4.74 Å². The summed E-state index contributed by atoms with van der Waals surface area (Å²) in [5, 5.41) is 9.32. The molecule has 1 aliphatic rings. The largest absolute Gasteiger partial charge is 0.497 e. The summed E-state index contributed by atoms with van der Waals surface area (Å²) in [6, 6.07) is 12.9. The molecule has 0 unspecified atom stereocenters. The summed E-state index contributed by atoms with van der Waals surface area (Å²) < 4.78 is 7.46. The van der Waals surface area contributed by atoms with Gasteiger partial charge in [0.05, 0.1) is 18.5 Å². The number of aromatic nitrogens is 3. The van der Waals surface area contributed by atoms with E-state index in [2.05, 4.69) is 10.2 Å². The highest BCUT2D eigenvalue weighted by Crippen LogP contribution is 2.34. The number of Topliss-reactive ketones (excluding diaryl/α,β-unsaturated/α-hetero) is 1. The van der Waals surface area contributed by atoms with Crippen LogP contribution in [0.3, 0.4) is 0 Å². The maximum Gasteiger partial charge on any atom is 0.162 e. The first-order chi connectivity index (χ1) is 14.4. The van der Waals surface area contributed by atoms with Crippen LogP contribution in [0.15, 0.2) is 47.5 Å². The molecule has 0 fully saturated rings. The number of carbonyl (C=O) groups is 1. The van der Waals surface area contributed by atoms with Crippen molar-refractivity contribution in [3.63, 3.8) is 0 Å². The van der Waals surface area contributed by atoms with Gasteiger partial charge in [-0.1, -0.05) is 37.6 Å². The Balaban J connectivity index is 1.98. The van der Waals surface area contributed by atoms with Crippen LogP contribution in [0, 0.1) is 12.8 Å². The third-order valence-corrected chi connectivity index (χ3v) is 5.54. The van der Waals surface area contributed by atoms with E-state index in [-0.39, 0.29) is 18.1 Å². The topological polar surface area (TPSA) is 69.4 Å². The minimum Gasteiger partial charge on any atom is -0.497 e. The average Bonchev–Trinajstić information content (AvgIpc) is 3.06. The molecular formula is C23H23ClN4O2. The maximum absolute atomic E-state index is 12.6. The summed E-state index contributed by atoms with van der Waals surface area (Å²) in [6.45, 7) is 5.70. The highest BCUT2D eigenvalue weighted by atomic mass is 35.5. The van der Waals surface area contributed by atoms with Crippen LogP contribution in [0.1, 0.15) is 49.1 Å². The van der Waals surface area contributed by atoms with Crippen molar-refractivity contribution in [1.29, 1.82) is 0 Å². The maximum atomic E-state index is 12.6. The quantitative estimate of drug-likeness (QED) is 0.595. The minimum atomic E-state index is -0.440. The van der Waals surface area contributed by atoms with E-state index in [4.69, 9.17) is 21.3 Å². The Bertz CT molecular complexity index is 1130. The predicted molar refractivity (Wildman–Crippen MR) is 117 cm³/mol. The fourth-order valence-electron chi connectivity index (χ4n) is 3.60. The third kappa shape index (κ3) is 3.63. The molecule has 0 aliphatic carbocycles. The van der Waals surface area contributed by atoms with Crippen molar-refractivity contribution in [1.82, 2.24) is 14.8 Å². The predicted octanol–water partition coefficient (Wildman–Crippen LogP) is 4.75. The first-order valence-corrected chi connectivity index (χ1v) is 10.2. The van der Waals surface area contributed by atoms with Crippen molar-refractivity contribution in [3.8, 4) is 11.4 Å². The van der Waals surface area contributed by atoms with E-state index >= 15 is 0 Å². The van der Waals surface area contributed by atoms with Crippen LogP contribution in [0.5, 0.6) is 5.75 Å². The molecule has 0 radical (unpaired) electrons. The van der Waals surface area contributed by atoms with Gasteiger partial charge in [-0.3, -0.25) is 14.4 Å². The molecule has 7 heteroatoms. The van der Waals surface area contributed by atoms with Crippen LogP contribution in [0.2, 0.25) is 5.02 Å². The van der Waals surface area contributed by atoms with Gasteiger partial charge in [0.2, 0.25) is 0 Å². The lowest BCUT2D eigenvalue weighted by Crippen LogP contribution is -2.14. The number of carbonyl (C=O) groups excluding carboxylic acids is 1. The number of fused-ring (bicyclic) bond motifs is 3. The second-order valence-corrected chi connectivity index (χ2v) is 8.09. The average molecular weight is 423 g/mol. The molecule has 154 valence electrons. The molecule has 0 saturated carbocycles. The van der Waals surface area contributed by atoms with Crippen LogP contribution in [0.25, 0.3) is 5.69 Å². The number of methoxy groups -OCH3 is 1. The number of ketones is 1. The molecule has 6 nitrogen and oxygen atoms in total. The van der Waals surface area contributed by atoms with E-state index in [0.29, 0.717) is 10.8 Å². The first kappa shape index (κ1) is 20.3. The summed E-state index contributed by atoms with van der Waals surface area (Å²) in [5.74, 6) is 2.18. The fraction of sp³-hybridized carbons (Fsp3) is 0.304. The molecule has 0 spiro atoms. The van der Waals surface area contributed by atoms with Gasteiger partial charge in [-0.25, -0.2) is 0 Å². The normalized spacial score (nSPS) is 15.3. The number of halogens is 1.